The van der Waals surface area contributed by atoms with Gasteiger partial charge in [0.1, 0.15) is 6.04 Å². The number of para-hydroxylation sites is 1. The van der Waals surface area contributed by atoms with E-state index in [4.69, 9.17) is 0 Å². The average molecular weight is 365 g/mol. The highest BCUT2D eigenvalue weighted by Gasteiger charge is 2.18. The molecule has 0 aliphatic heterocycles. The fourth-order valence-electron chi connectivity index (χ4n) is 2.61. The van der Waals surface area contributed by atoms with E-state index in [9.17, 15) is 9.59 Å². The molecular weight excluding hydrogens is 338 g/mol. The van der Waals surface area contributed by atoms with E-state index in [0.29, 0.717) is 13.1 Å². The van der Waals surface area contributed by atoms with Crippen LogP contribution < -0.4 is 10.2 Å². The lowest BCUT2D eigenvalue weighted by molar-refractivity contribution is -0.133. The first-order valence-electron chi connectivity index (χ1n) is 9.02. The van der Waals surface area contributed by atoms with Gasteiger partial charge in [0.2, 0.25) is 11.8 Å². The van der Waals surface area contributed by atoms with E-state index in [1.54, 1.807) is 24.9 Å². The maximum Gasteiger partial charge on any atom is 0.244 e. The van der Waals surface area contributed by atoms with Gasteiger partial charge in [-0.2, -0.15) is 0 Å². The molecule has 0 aliphatic carbocycles. The van der Waals surface area contributed by atoms with Crippen molar-refractivity contribution in [1.29, 1.82) is 0 Å². The number of nitrogens with one attached hydrogen (secondary N) is 1. The lowest BCUT2D eigenvalue weighted by Crippen LogP contribution is -2.46. The number of likely N-dealkylation sites (N-methyl/N-ethyl adjacent to an activating group) is 2. The van der Waals surface area contributed by atoms with Crippen LogP contribution in [0.25, 0.3) is 6.08 Å². The smallest absolute Gasteiger partial charge is 0.244 e. The summed E-state index contributed by atoms with van der Waals surface area (Å²) in [5.41, 5.74) is 2.04. The molecule has 5 nitrogen and oxygen atoms in total. The molecule has 0 spiro atoms. The molecule has 2 aromatic carbocycles. The molecule has 0 bridgehead atoms. The van der Waals surface area contributed by atoms with Gasteiger partial charge in [0, 0.05) is 38.9 Å². The van der Waals surface area contributed by atoms with Gasteiger partial charge in [-0.1, -0.05) is 48.5 Å². The van der Waals surface area contributed by atoms with Crippen LogP contribution in [0.15, 0.2) is 66.7 Å². The lowest BCUT2D eigenvalue weighted by Gasteiger charge is -2.25. The van der Waals surface area contributed by atoms with Crippen LogP contribution in [0.2, 0.25) is 0 Å². The molecule has 0 aromatic heterocycles. The molecule has 0 fully saturated rings. The van der Waals surface area contributed by atoms with E-state index in [1.807, 2.05) is 67.7 Å². The minimum atomic E-state index is -0.579. The molecule has 1 unspecified atom stereocenters. The highest BCUT2D eigenvalue weighted by molar-refractivity contribution is 5.95. The Morgan fingerprint density at radius 3 is 2.19 bits per heavy atom. The SMILES string of the molecule is CC(NC(=O)/C=C/c1ccccc1)C(=O)N(C)CCN(C)c1ccccc1. The second-order valence-electron chi connectivity index (χ2n) is 6.49. The van der Waals surface area contributed by atoms with Gasteiger partial charge < -0.3 is 15.1 Å². The molecule has 1 atom stereocenters. The van der Waals surface area contributed by atoms with E-state index >= 15 is 0 Å². The summed E-state index contributed by atoms with van der Waals surface area (Å²) in [6.45, 7) is 2.99. The van der Waals surface area contributed by atoms with Gasteiger partial charge in [-0.25, -0.2) is 0 Å². The zero-order chi connectivity index (χ0) is 19.6. The molecule has 0 radical (unpaired) electrons. The monoisotopic (exact) mass is 365 g/mol. The Balaban J connectivity index is 1.79. The summed E-state index contributed by atoms with van der Waals surface area (Å²) in [6, 6.07) is 19.0. The molecule has 1 N–H and O–H groups in total. The van der Waals surface area contributed by atoms with E-state index in [0.717, 1.165) is 11.3 Å². The molecular formula is C22H27N3O2. The zero-order valence-corrected chi connectivity index (χ0v) is 16.1. The van der Waals surface area contributed by atoms with Crippen LogP contribution in [-0.2, 0) is 9.59 Å². The van der Waals surface area contributed by atoms with Gasteiger partial charge in [-0.15, -0.1) is 0 Å². The third-order valence-electron chi connectivity index (χ3n) is 4.30. The molecule has 2 amide bonds. The van der Waals surface area contributed by atoms with Crippen LogP contribution in [-0.4, -0.2) is 49.9 Å². The van der Waals surface area contributed by atoms with Gasteiger partial charge in [0.05, 0.1) is 0 Å². The van der Waals surface area contributed by atoms with Crippen LogP contribution in [0.1, 0.15) is 12.5 Å². The molecule has 2 rings (SSSR count). The number of carbonyl (C=O) groups excluding carboxylic acids is 2. The van der Waals surface area contributed by atoms with Crippen molar-refractivity contribution in [3.05, 3.63) is 72.3 Å². The minimum Gasteiger partial charge on any atom is -0.373 e. The molecule has 2 aromatic rings. The number of nitrogens with zero attached hydrogens (tertiary/aromatic N) is 2. The fourth-order valence-corrected chi connectivity index (χ4v) is 2.61. The van der Waals surface area contributed by atoms with Crippen LogP contribution in [0.5, 0.6) is 0 Å². The normalized spacial score (nSPS) is 11.8. The first-order valence-corrected chi connectivity index (χ1v) is 9.02. The van der Waals surface area contributed by atoms with Crippen LogP contribution in [0.3, 0.4) is 0 Å². The van der Waals surface area contributed by atoms with Crippen molar-refractivity contribution in [2.75, 3.05) is 32.1 Å². The molecule has 5 heteroatoms. The summed E-state index contributed by atoms with van der Waals surface area (Å²) < 4.78 is 0. The molecule has 0 aliphatic rings. The minimum absolute atomic E-state index is 0.113. The molecule has 0 heterocycles. The number of anilines is 1. The predicted octanol–water partition coefficient (Wildman–Crippen LogP) is 2.80. The summed E-state index contributed by atoms with van der Waals surface area (Å²) in [4.78, 5) is 28.2. The Morgan fingerprint density at radius 1 is 0.963 bits per heavy atom. The largest absolute Gasteiger partial charge is 0.373 e. The first kappa shape index (κ1) is 20.2. The standard InChI is InChI=1S/C22H27N3O2/c1-18(23-21(26)15-14-19-10-6-4-7-11-19)22(27)25(3)17-16-24(2)20-12-8-5-9-13-20/h4-15,18H,16-17H2,1-3H3,(H,23,26)/b15-14+. The Labute approximate surface area is 161 Å². The summed E-state index contributed by atoms with van der Waals surface area (Å²) in [7, 11) is 3.75. The van der Waals surface area contributed by atoms with E-state index in [1.165, 1.54) is 6.08 Å². The number of benzene rings is 2. The summed E-state index contributed by atoms with van der Waals surface area (Å²) >= 11 is 0. The van der Waals surface area contributed by atoms with E-state index in [2.05, 4.69) is 10.2 Å². The van der Waals surface area contributed by atoms with Gasteiger partial charge in [-0.3, -0.25) is 9.59 Å². The molecule has 27 heavy (non-hydrogen) atoms. The second kappa shape index (κ2) is 10.2. The van der Waals surface area contributed by atoms with Crippen molar-refractivity contribution in [1.82, 2.24) is 10.2 Å². The Hall–Kier alpha value is -3.08. The average Bonchev–Trinajstić information content (AvgIpc) is 2.71. The van der Waals surface area contributed by atoms with Gasteiger partial charge in [-0.05, 0) is 30.7 Å². The van der Waals surface area contributed by atoms with Crippen molar-refractivity contribution in [2.45, 2.75) is 13.0 Å². The van der Waals surface area contributed by atoms with Crippen molar-refractivity contribution in [3.63, 3.8) is 0 Å². The van der Waals surface area contributed by atoms with Crippen LogP contribution >= 0.6 is 0 Å². The van der Waals surface area contributed by atoms with Crippen LogP contribution in [0.4, 0.5) is 5.69 Å². The third-order valence-corrected chi connectivity index (χ3v) is 4.30. The van der Waals surface area contributed by atoms with Crippen molar-refractivity contribution in [3.8, 4) is 0 Å². The number of hydrogen-bond acceptors (Lipinski definition) is 3. The third kappa shape index (κ3) is 6.62. The summed E-state index contributed by atoms with van der Waals surface area (Å²) in [6.07, 6.45) is 3.17. The van der Waals surface area contributed by atoms with Crippen molar-refractivity contribution < 1.29 is 9.59 Å². The number of amides is 2. The highest BCUT2D eigenvalue weighted by Crippen LogP contribution is 2.10. The Morgan fingerprint density at radius 2 is 1.56 bits per heavy atom. The van der Waals surface area contributed by atoms with Gasteiger partial charge >= 0.3 is 0 Å². The zero-order valence-electron chi connectivity index (χ0n) is 16.1. The maximum absolute atomic E-state index is 12.5. The fraction of sp³-hybridized carbons (Fsp3) is 0.273. The van der Waals surface area contributed by atoms with Gasteiger partial charge in [0.15, 0.2) is 0 Å². The summed E-state index contributed by atoms with van der Waals surface area (Å²) in [5.74, 6) is -0.396. The predicted molar refractivity (Wildman–Crippen MR) is 110 cm³/mol. The second-order valence-corrected chi connectivity index (χ2v) is 6.49. The first-order chi connectivity index (χ1) is 13.0. The topological polar surface area (TPSA) is 52.7 Å². The number of hydrogen-bond donors (Lipinski definition) is 1. The lowest BCUT2D eigenvalue weighted by atomic mass is 10.2. The Kier molecular flexibility index (Phi) is 7.62. The quantitative estimate of drug-likeness (QED) is 0.732. The number of rotatable bonds is 8. The number of carbonyl (C=O) groups is 2. The maximum atomic E-state index is 12.5. The van der Waals surface area contributed by atoms with E-state index in [-0.39, 0.29) is 11.8 Å². The van der Waals surface area contributed by atoms with Crippen molar-refractivity contribution >= 4 is 23.6 Å². The van der Waals surface area contributed by atoms with Crippen LogP contribution in [0, 0.1) is 0 Å². The van der Waals surface area contributed by atoms with Crippen molar-refractivity contribution in [2.24, 2.45) is 0 Å². The highest BCUT2D eigenvalue weighted by atomic mass is 16.2. The molecule has 0 saturated carbocycles. The molecule has 0 saturated heterocycles. The Bertz CT molecular complexity index is 760. The molecule has 142 valence electrons. The van der Waals surface area contributed by atoms with E-state index < -0.39 is 6.04 Å². The summed E-state index contributed by atoms with van der Waals surface area (Å²) in [5, 5.41) is 2.72. The van der Waals surface area contributed by atoms with Gasteiger partial charge in [0.25, 0.3) is 0 Å².